The molecular weight excluding hydrogens is 328 g/mol. The van der Waals surface area contributed by atoms with E-state index in [9.17, 15) is 0 Å². The van der Waals surface area contributed by atoms with E-state index in [1.807, 2.05) is 34.9 Å². The van der Waals surface area contributed by atoms with Gasteiger partial charge in [0.15, 0.2) is 23.0 Å². The highest BCUT2D eigenvalue weighted by Crippen LogP contribution is 2.29. The van der Waals surface area contributed by atoms with Crippen molar-refractivity contribution in [2.45, 2.75) is 6.54 Å². The summed E-state index contributed by atoms with van der Waals surface area (Å²) in [5, 5.41) is 3.96. The van der Waals surface area contributed by atoms with Gasteiger partial charge in [-0.2, -0.15) is 0 Å². The molecule has 0 aliphatic carbocycles. The molecule has 7 nitrogen and oxygen atoms in total. The van der Waals surface area contributed by atoms with E-state index in [1.165, 1.54) is 0 Å². The van der Waals surface area contributed by atoms with Crippen LogP contribution in [0, 0.1) is 0 Å². The smallest absolute Gasteiger partial charge is 0.170 e. The summed E-state index contributed by atoms with van der Waals surface area (Å²) in [4.78, 5) is 13.4. The summed E-state index contributed by atoms with van der Waals surface area (Å²) in [5.41, 5.74) is 9.60. The van der Waals surface area contributed by atoms with E-state index in [0.717, 1.165) is 5.56 Å². The van der Waals surface area contributed by atoms with Crippen molar-refractivity contribution in [3.63, 3.8) is 0 Å². The maximum absolute atomic E-state index is 6.12. The molecule has 0 spiro atoms. The summed E-state index contributed by atoms with van der Waals surface area (Å²) in [7, 11) is 0. The number of fused-ring (bicyclic) bond motifs is 1. The van der Waals surface area contributed by atoms with Gasteiger partial charge in [-0.05, 0) is 17.7 Å². The SMILES string of the molecule is C=Cc1noc(C=C)c1-c1nc(N)c2ncn(Cc3ccccc3)c2n1. The Balaban J connectivity index is 1.88. The maximum Gasteiger partial charge on any atom is 0.170 e. The van der Waals surface area contributed by atoms with Crippen LogP contribution in [0.15, 0.2) is 54.3 Å². The maximum atomic E-state index is 6.12. The predicted molar refractivity (Wildman–Crippen MR) is 101 cm³/mol. The molecule has 26 heavy (non-hydrogen) atoms. The molecule has 0 radical (unpaired) electrons. The molecule has 4 rings (SSSR count). The minimum atomic E-state index is 0.294. The van der Waals surface area contributed by atoms with E-state index < -0.39 is 0 Å². The monoisotopic (exact) mass is 344 g/mol. The molecule has 0 amide bonds. The van der Waals surface area contributed by atoms with E-state index in [1.54, 1.807) is 18.5 Å². The Hall–Kier alpha value is -3.74. The summed E-state index contributed by atoms with van der Waals surface area (Å²) >= 11 is 0. The first-order valence-electron chi connectivity index (χ1n) is 7.98. The largest absolute Gasteiger partial charge is 0.382 e. The van der Waals surface area contributed by atoms with E-state index in [0.29, 0.717) is 46.4 Å². The fraction of sp³-hybridized carbons (Fsp3) is 0.0526. The molecule has 3 heterocycles. The summed E-state index contributed by atoms with van der Waals surface area (Å²) < 4.78 is 7.20. The molecule has 0 aliphatic heterocycles. The molecule has 7 heteroatoms. The number of hydrogen-bond acceptors (Lipinski definition) is 6. The molecular formula is C19H16N6O. The lowest BCUT2D eigenvalue weighted by molar-refractivity contribution is 0.411. The van der Waals surface area contributed by atoms with Crippen molar-refractivity contribution in [1.82, 2.24) is 24.7 Å². The van der Waals surface area contributed by atoms with E-state index >= 15 is 0 Å². The highest BCUT2D eigenvalue weighted by molar-refractivity contribution is 5.85. The fourth-order valence-corrected chi connectivity index (χ4v) is 2.79. The third-order valence-corrected chi connectivity index (χ3v) is 4.03. The first-order valence-corrected chi connectivity index (χ1v) is 7.98. The van der Waals surface area contributed by atoms with E-state index in [-0.39, 0.29) is 0 Å². The molecule has 1 aromatic carbocycles. The summed E-state index contributed by atoms with van der Waals surface area (Å²) in [6.45, 7) is 8.12. The van der Waals surface area contributed by atoms with Crippen LogP contribution in [-0.2, 0) is 6.54 Å². The molecule has 3 aromatic heterocycles. The Morgan fingerprint density at radius 3 is 2.65 bits per heavy atom. The molecule has 0 fully saturated rings. The van der Waals surface area contributed by atoms with Gasteiger partial charge in [-0.1, -0.05) is 48.6 Å². The first kappa shape index (κ1) is 15.8. The summed E-state index contributed by atoms with van der Waals surface area (Å²) in [6, 6.07) is 10.1. The lowest BCUT2D eigenvalue weighted by Gasteiger charge is -2.06. The van der Waals surface area contributed by atoms with Crippen molar-refractivity contribution in [3.05, 3.63) is 66.8 Å². The minimum Gasteiger partial charge on any atom is -0.382 e. The third kappa shape index (κ3) is 2.55. The summed E-state index contributed by atoms with van der Waals surface area (Å²) in [5.74, 6) is 1.16. The van der Waals surface area contributed by atoms with Crippen molar-refractivity contribution < 1.29 is 4.52 Å². The van der Waals surface area contributed by atoms with Gasteiger partial charge in [0, 0.05) is 0 Å². The number of nitrogen functional groups attached to an aromatic ring is 1. The predicted octanol–water partition coefficient (Wildman–Crippen LogP) is 3.40. The molecule has 0 atom stereocenters. The third-order valence-electron chi connectivity index (χ3n) is 4.03. The zero-order valence-corrected chi connectivity index (χ0v) is 14.0. The second-order valence-electron chi connectivity index (χ2n) is 5.68. The standard InChI is InChI=1S/C19H16N6O/c1-3-13-15(14(4-2)26-24-13)18-22-17(20)16-19(23-18)25(11-21-16)10-12-8-6-5-7-9-12/h3-9,11H,1-2,10H2,(H2,20,22,23). The van der Waals surface area contributed by atoms with Crippen LogP contribution in [0.3, 0.4) is 0 Å². The van der Waals surface area contributed by atoms with Crippen LogP contribution in [0.1, 0.15) is 17.0 Å². The van der Waals surface area contributed by atoms with Crippen molar-refractivity contribution in [2.75, 3.05) is 5.73 Å². The van der Waals surface area contributed by atoms with Crippen LogP contribution < -0.4 is 5.73 Å². The van der Waals surface area contributed by atoms with Crippen LogP contribution in [0.25, 0.3) is 34.7 Å². The van der Waals surface area contributed by atoms with Crippen molar-refractivity contribution >= 4 is 29.1 Å². The summed E-state index contributed by atoms with van der Waals surface area (Å²) in [6.07, 6.45) is 4.85. The molecule has 0 bridgehead atoms. The quantitative estimate of drug-likeness (QED) is 0.596. The van der Waals surface area contributed by atoms with Crippen molar-refractivity contribution in [1.29, 1.82) is 0 Å². The minimum absolute atomic E-state index is 0.294. The van der Waals surface area contributed by atoms with E-state index in [4.69, 9.17) is 10.3 Å². The molecule has 0 saturated carbocycles. The lowest BCUT2D eigenvalue weighted by atomic mass is 10.1. The van der Waals surface area contributed by atoms with Gasteiger partial charge in [-0.25, -0.2) is 15.0 Å². The number of nitrogens with zero attached hydrogens (tertiary/aromatic N) is 5. The van der Waals surface area contributed by atoms with Crippen LogP contribution in [0.5, 0.6) is 0 Å². The van der Waals surface area contributed by atoms with Crippen LogP contribution >= 0.6 is 0 Å². The molecule has 128 valence electrons. The zero-order chi connectivity index (χ0) is 18.1. The molecule has 0 saturated heterocycles. The van der Waals surface area contributed by atoms with Crippen LogP contribution in [-0.4, -0.2) is 24.7 Å². The van der Waals surface area contributed by atoms with E-state index in [2.05, 4.69) is 33.3 Å². The van der Waals surface area contributed by atoms with Crippen molar-refractivity contribution in [2.24, 2.45) is 0 Å². The van der Waals surface area contributed by atoms with Gasteiger partial charge in [-0.15, -0.1) is 0 Å². The number of anilines is 1. The second-order valence-corrected chi connectivity index (χ2v) is 5.68. The average molecular weight is 344 g/mol. The number of rotatable bonds is 5. The normalized spacial score (nSPS) is 10.9. The van der Waals surface area contributed by atoms with Gasteiger partial charge in [0.1, 0.15) is 11.2 Å². The number of benzene rings is 1. The van der Waals surface area contributed by atoms with Gasteiger partial charge in [0.2, 0.25) is 0 Å². The lowest BCUT2D eigenvalue weighted by Crippen LogP contribution is -2.03. The van der Waals surface area contributed by atoms with Gasteiger partial charge in [-0.3, -0.25) is 0 Å². The zero-order valence-electron chi connectivity index (χ0n) is 14.0. The van der Waals surface area contributed by atoms with Crippen LogP contribution in [0.2, 0.25) is 0 Å². The Kier molecular flexibility index (Phi) is 3.81. The Morgan fingerprint density at radius 1 is 1.12 bits per heavy atom. The van der Waals surface area contributed by atoms with Gasteiger partial charge >= 0.3 is 0 Å². The topological polar surface area (TPSA) is 95.6 Å². The second kappa shape index (κ2) is 6.29. The van der Waals surface area contributed by atoms with Gasteiger partial charge < -0.3 is 14.8 Å². The van der Waals surface area contributed by atoms with Crippen molar-refractivity contribution in [3.8, 4) is 11.4 Å². The highest BCUT2D eigenvalue weighted by Gasteiger charge is 2.20. The Labute approximate surface area is 149 Å². The fourth-order valence-electron chi connectivity index (χ4n) is 2.79. The number of hydrogen-bond donors (Lipinski definition) is 1. The number of nitrogens with two attached hydrogens (primary N) is 1. The number of imidazole rings is 1. The highest BCUT2D eigenvalue weighted by atomic mass is 16.5. The van der Waals surface area contributed by atoms with Crippen LogP contribution in [0.4, 0.5) is 5.82 Å². The molecule has 0 unspecified atom stereocenters. The molecule has 2 N–H and O–H groups in total. The van der Waals surface area contributed by atoms with Gasteiger partial charge in [0.05, 0.1) is 18.4 Å². The average Bonchev–Trinajstić information content (AvgIpc) is 3.26. The number of aromatic nitrogens is 5. The Morgan fingerprint density at radius 2 is 1.92 bits per heavy atom. The Bertz CT molecular complexity index is 1080. The molecule has 0 aliphatic rings. The molecule has 4 aromatic rings. The van der Waals surface area contributed by atoms with Gasteiger partial charge in [0.25, 0.3) is 0 Å². The first-order chi connectivity index (χ1) is 12.7.